The highest BCUT2D eigenvalue weighted by Crippen LogP contribution is 2.48. The van der Waals surface area contributed by atoms with Crippen LogP contribution < -0.4 is 4.74 Å². The Hall–Kier alpha value is -1.82. The van der Waals surface area contributed by atoms with E-state index in [1.54, 1.807) is 13.2 Å². The molecule has 1 aliphatic carbocycles. The van der Waals surface area contributed by atoms with Crippen LogP contribution in [0.3, 0.4) is 0 Å². The maximum atomic E-state index is 12.3. The van der Waals surface area contributed by atoms with E-state index in [-0.39, 0.29) is 5.78 Å². The monoisotopic (exact) mass is 243 g/mol. The number of rotatable bonds is 4. The van der Waals surface area contributed by atoms with E-state index in [4.69, 9.17) is 10.00 Å². The molecule has 3 heteroatoms. The summed E-state index contributed by atoms with van der Waals surface area (Å²) in [5, 5.41) is 9.08. The lowest BCUT2D eigenvalue weighted by molar-refractivity contribution is 0.0931. The first-order valence-corrected chi connectivity index (χ1v) is 6.18. The predicted molar refractivity (Wildman–Crippen MR) is 68.7 cm³/mol. The SMILES string of the molecule is COc1cc(C(C)C)ccc1C(=O)C1(C#N)CC1. The van der Waals surface area contributed by atoms with Gasteiger partial charge in [-0.2, -0.15) is 5.26 Å². The maximum absolute atomic E-state index is 12.3. The zero-order valence-electron chi connectivity index (χ0n) is 11.0. The molecule has 1 aliphatic rings. The Bertz CT molecular complexity index is 522. The molecule has 0 bridgehead atoms. The molecule has 0 aliphatic heterocycles. The van der Waals surface area contributed by atoms with Crippen LogP contribution in [0.25, 0.3) is 0 Å². The van der Waals surface area contributed by atoms with E-state index in [2.05, 4.69) is 19.9 Å². The number of methoxy groups -OCH3 is 1. The van der Waals surface area contributed by atoms with Crippen LogP contribution in [0.15, 0.2) is 18.2 Å². The highest BCUT2D eigenvalue weighted by Gasteiger charge is 2.51. The molecule has 0 atom stereocenters. The molecule has 0 N–H and O–H groups in total. The topological polar surface area (TPSA) is 50.1 Å². The van der Waals surface area contributed by atoms with Crippen molar-refractivity contribution in [2.24, 2.45) is 5.41 Å². The number of carbonyl (C=O) groups is 1. The largest absolute Gasteiger partial charge is 0.496 e. The van der Waals surface area contributed by atoms with Gasteiger partial charge in [0.15, 0.2) is 5.78 Å². The number of benzene rings is 1. The Balaban J connectivity index is 2.40. The average molecular weight is 243 g/mol. The van der Waals surface area contributed by atoms with Crippen LogP contribution in [-0.4, -0.2) is 12.9 Å². The fourth-order valence-electron chi connectivity index (χ4n) is 2.03. The molecule has 1 saturated carbocycles. The molecular formula is C15H17NO2. The van der Waals surface area contributed by atoms with Crippen molar-refractivity contribution in [3.63, 3.8) is 0 Å². The van der Waals surface area contributed by atoms with E-state index < -0.39 is 5.41 Å². The number of ether oxygens (including phenoxy) is 1. The molecular weight excluding hydrogens is 226 g/mol. The summed E-state index contributed by atoms with van der Waals surface area (Å²) >= 11 is 0. The molecule has 0 amide bonds. The number of Topliss-reactive ketones (excluding diaryl/α,β-unsaturated/α-hetero) is 1. The third-order valence-corrected chi connectivity index (χ3v) is 3.54. The Morgan fingerprint density at radius 3 is 2.56 bits per heavy atom. The Kier molecular flexibility index (Phi) is 3.13. The van der Waals surface area contributed by atoms with Gasteiger partial charge in [0.05, 0.1) is 18.7 Å². The van der Waals surface area contributed by atoms with Crippen LogP contribution in [0.1, 0.15) is 48.5 Å². The molecule has 1 fully saturated rings. The first-order chi connectivity index (χ1) is 8.54. The number of nitrogens with zero attached hydrogens (tertiary/aromatic N) is 1. The lowest BCUT2D eigenvalue weighted by Gasteiger charge is -2.13. The predicted octanol–water partition coefficient (Wildman–Crippen LogP) is 3.31. The van der Waals surface area contributed by atoms with Crippen molar-refractivity contribution in [1.82, 2.24) is 0 Å². The van der Waals surface area contributed by atoms with Gasteiger partial charge in [-0.1, -0.05) is 19.9 Å². The third-order valence-electron chi connectivity index (χ3n) is 3.54. The van der Waals surface area contributed by atoms with Crippen LogP contribution in [0.5, 0.6) is 5.75 Å². The third kappa shape index (κ3) is 1.99. The Morgan fingerprint density at radius 1 is 1.44 bits per heavy atom. The van der Waals surface area contributed by atoms with Crippen molar-refractivity contribution in [3.05, 3.63) is 29.3 Å². The summed E-state index contributed by atoms with van der Waals surface area (Å²) in [4.78, 5) is 12.3. The van der Waals surface area contributed by atoms with Crippen molar-refractivity contribution < 1.29 is 9.53 Å². The fourth-order valence-corrected chi connectivity index (χ4v) is 2.03. The molecule has 3 nitrogen and oxygen atoms in total. The van der Waals surface area contributed by atoms with Crippen LogP contribution in [0.2, 0.25) is 0 Å². The summed E-state index contributed by atoms with van der Waals surface area (Å²) in [6.45, 7) is 4.18. The summed E-state index contributed by atoms with van der Waals surface area (Å²) in [6, 6.07) is 7.75. The highest BCUT2D eigenvalue weighted by molar-refractivity contribution is 6.06. The summed E-state index contributed by atoms with van der Waals surface area (Å²) in [7, 11) is 1.56. The van der Waals surface area contributed by atoms with Crippen LogP contribution in [0.4, 0.5) is 0 Å². The molecule has 0 radical (unpaired) electrons. The molecule has 1 aromatic rings. The van der Waals surface area contributed by atoms with E-state index in [1.165, 1.54) is 0 Å². The minimum atomic E-state index is -0.785. The molecule has 0 heterocycles. The van der Waals surface area contributed by atoms with Crippen molar-refractivity contribution in [2.45, 2.75) is 32.6 Å². The molecule has 0 unspecified atom stereocenters. The smallest absolute Gasteiger partial charge is 0.186 e. The van der Waals surface area contributed by atoms with Crippen LogP contribution >= 0.6 is 0 Å². The number of nitriles is 1. The number of carbonyl (C=O) groups excluding carboxylic acids is 1. The summed E-state index contributed by atoms with van der Waals surface area (Å²) in [5.74, 6) is 0.860. The zero-order valence-corrected chi connectivity index (χ0v) is 11.0. The minimum Gasteiger partial charge on any atom is -0.496 e. The average Bonchev–Trinajstić information content (AvgIpc) is 3.18. The van der Waals surface area contributed by atoms with E-state index in [0.29, 0.717) is 30.1 Å². The lowest BCUT2D eigenvalue weighted by atomic mass is 9.93. The summed E-state index contributed by atoms with van der Waals surface area (Å²) in [5.41, 5.74) is 0.873. The quantitative estimate of drug-likeness (QED) is 0.762. The van der Waals surface area contributed by atoms with Crippen molar-refractivity contribution in [1.29, 1.82) is 5.26 Å². The van der Waals surface area contributed by atoms with E-state index in [0.717, 1.165) is 5.56 Å². The van der Waals surface area contributed by atoms with Gasteiger partial charge in [-0.05, 0) is 36.5 Å². The maximum Gasteiger partial charge on any atom is 0.186 e. The van der Waals surface area contributed by atoms with Gasteiger partial charge >= 0.3 is 0 Å². The van der Waals surface area contributed by atoms with Crippen molar-refractivity contribution in [2.75, 3.05) is 7.11 Å². The van der Waals surface area contributed by atoms with Gasteiger partial charge in [-0.25, -0.2) is 0 Å². The van der Waals surface area contributed by atoms with Gasteiger partial charge < -0.3 is 4.74 Å². The highest BCUT2D eigenvalue weighted by atomic mass is 16.5. The number of ketones is 1. The normalized spacial score (nSPS) is 16.2. The fraction of sp³-hybridized carbons (Fsp3) is 0.467. The molecule has 94 valence electrons. The second-order valence-corrected chi connectivity index (χ2v) is 5.14. The molecule has 0 spiro atoms. The van der Waals surface area contributed by atoms with Gasteiger partial charge in [-0.15, -0.1) is 0 Å². The van der Waals surface area contributed by atoms with Gasteiger partial charge in [0.2, 0.25) is 0 Å². The molecule has 1 aromatic carbocycles. The minimum absolute atomic E-state index is 0.0999. The van der Waals surface area contributed by atoms with Gasteiger partial charge in [0, 0.05) is 0 Å². The van der Waals surface area contributed by atoms with E-state index in [9.17, 15) is 4.79 Å². The lowest BCUT2D eigenvalue weighted by Crippen LogP contribution is -2.15. The van der Waals surface area contributed by atoms with Crippen LogP contribution in [-0.2, 0) is 0 Å². The molecule has 0 aromatic heterocycles. The standard InChI is InChI=1S/C15H17NO2/c1-10(2)11-4-5-12(13(8-11)18-3)14(17)15(9-16)6-7-15/h4-5,8,10H,6-7H2,1-3H3. The second kappa shape index (κ2) is 4.45. The van der Waals surface area contributed by atoms with Gasteiger partial charge in [-0.3, -0.25) is 4.79 Å². The zero-order chi connectivity index (χ0) is 13.3. The first-order valence-electron chi connectivity index (χ1n) is 6.18. The Labute approximate surface area is 107 Å². The molecule has 18 heavy (non-hydrogen) atoms. The van der Waals surface area contributed by atoms with Gasteiger partial charge in [0.1, 0.15) is 11.2 Å². The second-order valence-electron chi connectivity index (χ2n) is 5.14. The summed E-state index contributed by atoms with van der Waals surface area (Å²) in [6.07, 6.45) is 1.33. The summed E-state index contributed by atoms with van der Waals surface area (Å²) < 4.78 is 5.29. The van der Waals surface area contributed by atoms with Crippen molar-refractivity contribution >= 4 is 5.78 Å². The Morgan fingerprint density at radius 2 is 2.11 bits per heavy atom. The number of hydrogen-bond acceptors (Lipinski definition) is 3. The number of hydrogen-bond donors (Lipinski definition) is 0. The van der Waals surface area contributed by atoms with Crippen molar-refractivity contribution in [3.8, 4) is 11.8 Å². The molecule has 0 saturated heterocycles. The van der Waals surface area contributed by atoms with Gasteiger partial charge in [0.25, 0.3) is 0 Å². The molecule has 2 rings (SSSR count). The van der Waals surface area contributed by atoms with E-state index in [1.807, 2.05) is 12.1 Å². The van der Waals surface area contributed by atoms with Crippen LogP contribution in [0, 0.1) is 16.7 Å². The first kappa shape index (κ1) is 12.6. The van der Waals surface area contributed by atoms with E-state index >= 15 is 0 Å².